The first kappa shape index (κ1) is 12.7. The van der Waals surface area contributed by atoms with E-state index in [1.807, 2.05) is 6.92 Å². The summed E-state index contributed by atoms with van der Waals surface area (Å²) in [6, 6.07) is 0. The van der Waals surface area contributed by atoms with E-state index in [4.69, 9.17) is 0 Å². The molecular formula is C8H15O4P. The molecule has 0 bridgehead atoms. The second kappa shape index (κ2) is 4.78. The standard InChI is InChI=1S/C8H15O4P/c1-5-6-7-8(2,9)13(10,11-3)12-4/h9H,5H2,1-4H3/t8-/m1/s1. The van der Waals surface area contributed by atoms with Crippen molar-refractivity contribution in [1.82, 2.24) is 0 Å². The lowest BCUT2D eigenvalue weighted by molar-refractivity contribution is 0.140. The van der Waals surface area contributed by atoms with E-state index in [2.05, 4.69) is 20.9 Å². The van der Waals surface area contributed by atoms with Crippen LogP contribution in [0.15, 0.2) is 0 Å². The average Bonchev–Trinajstić information content (AvgIpc) is 2.13. The summed E-state index contributed by atoms with van der Waals surface area (Å²) in [5.74, 6) is 5.07. The van der Waals surface area contributed by atoms with E-state index in [1.165, 1.54) is 21.1 Å². The monoisotopic (exact) mass is 206 g/mol. The van der Waals surface area contributed by atoms with Gasteiger partial charge in [-0.2, -0.15) is 0 Å². The van der Waals surface area contributed by atoms with Crippen LogP contribution in [-0.4, -0.2) is 24.7 Å². The Hall–Kier alpha value is -0.330. The molecule has 76 valence electrons. The molecule has 0 aromatic rings. The minimum absolute atomic E-state index is 0.573. The molecule has 1 N–H and O–H groups in total. The van der Waals surface area contributed by atoms with Gasteiger partial charge in [0.15, 0.2) is 0 Å². The van der Waals surface area contributed by atoms with Crippen molar-refractivity contribution in [2.75, 3.05) is 14.2 Å². The quantitative estimate of drug-likeness (QED) is 0.562. The summed E-state index contributed by atoms with van der Waals surface area (Å²) >= 11 is 0. The van der Waals surface area contributed by atoms with Gasteiger partial charge in [-0.05, 0) is 6.92 Å². The van der Waals surface area contributed by atoms with Crippen molar-refractivity contribution in [2.45, 2.75) is 25.6 Å². The third-order valence-corrected chi connectivity index (χ3v) is 3.66. The van der Waals surface area contributed by atoms with Gasteiger partial charge in [0.1, 0.15) is 0 Å². The van der Waals surface area contributed by atoms with Gasteiger partial charge in [0.25, 0.3) is 0 Å². The summed E-state index contributed by atoms with van der Waals surface area (Å²) in [6.45, 7) is 3.14. The zero-order chi connectivity index (χ0) is 10.5. The molecule has 0 aromatic carbocycles. The van der Waals surface area contributed by atoms with E-state index in [9.17, 15) is 9.67 Å². The van der Waals surface area contributed by atoms with Gasteiger partial charge in [0, 0.05) is 20.6 Å². The van der Waals surface area contributed by atoms with Crippen molar-refractivity contribution in [3.8, 4) is 11.8 Å². The van der Waals surface area contributed by atoms with Crippen LogP contribution in [0.3, 0.4) is 0 Å². The lowest BCUT2D eigenvalue weighted by atomic mass is 10.3. The topological polar surface area (TPSA) is 55.8 Å². The molecule has 0 saturated carbocycles. The summed E-state index contributed by atoms with van der Waals surface area (Å²) < 4.78 is 20.9. The molecule has 0 unspecified atom stereocenters. The van der Waals surface area contributed by atoms with Gasteiger partial charge in [-0.1, -0.05) is 18.8 Å². The molecule has 0 heterocycles. The summed E-state index contributed by atoms with van der Waals surface area (Å²) in [4.78, 5) is 0. The van der Waals surface area contributed by atoms with Crippen LogP contribution < -0.4 is 0 Å². The summed E-state index contributed by atoms with van der Waals surface area (Å²) in [7, 11) is -1.10. The maximum atomic E-state index is 11.7. The Labute approximate surface area is 78.8 Å². The fraction of sp³-hybridized carbons (Fsp3) is 0.750. The predicted octanol–water partition coefficient (Wildman–Crippen LogP) is 1.59. The smallest absolute Gasteiger partial charge is 0.368 e. The molecule has 0 fully saturated rings. The molecule has 0 amide bonds. The molecule has 4 nitrogen and oxygen atoms in total. The highest BCUT2D eigenvalue weighted by atomic mass is 31.2. The molecule has 0 aromatic heterocycles. The number of hydrogen-bond acceptors (Lipinski definition) is 4. The van der Waals surface area contributed by atoms with E-state index in [-0.39, 0.29) is 0 Å². The number of hydrogen-bond donors (Lipinski definition) is 1. The molecule has 13 heavy (non-hydrogen) atoms. The predicted molar refractivity (Wildman–Crippen MR) is 50.3 cm³/mol. The van der Waals surface area contributed by atoms with E-state index < -0.39 is 12.9 Å². The SMILES string of the molecule is CCC#C[C@](C)(O)P(=O)(OC)OC. The van der Waals surface area contributed by atoms with Crippen molar-refractivity contribution in [3.63, 3.8) is 0 Å². The van der Waals surface area contributed by atoms with Gasteiger partial charge < -0.3 is 14.2 Å². The molecule has 5 heteroatoms. The van der Waals surface area contributed by atoms with Gasteiger partial charge in [0.05, 0.1) is 0 Å². The van der Waals surface area contributed by atoms with Crippen LogP contribution >= 0.6 is 7.60 Å². The van der Waals surface area contributed by atoms with Crippen LogP contribution in [0.2, 0.25) is 0 Å². The van der Waals surface area contributed by atoms with Gasteiger partial charge in [-0.15, -0.1) is 0 Å². The summed E-state index contributed by atoms with van der Waals surface area (Å²) in [5, 5.41) is 7.93. The van der Waals surface area contributed by atoms with Gasteiger partial charge in [-0.3, -0.25) is 4.57 Å². The molecule has 0 radical (unpaired) electrons. The molecular weight excluding hydrogens is 191 g/mol. The fourth-order valence-electron chi connectivity index (χ4n) is 0.754. The molecule has 0 rings (SSSR count). The summed E-state index contributed by atoms with van der Waals surface area (Å²) in [5.41, 5.74) is 0. The second-order valence-electron chi connectivity index (χ2n) is 2.54. The van der Waals surface area contributed by atoms with Crippen LogP contribution in [0.25, 0.3) is 0 Å². The Morgan fingerprint density at radius 3 is 2.23 bits per heavy atom. The third-order valence-electron chi connectivity index (χ3n) is 1.52. The maximum Gasteiger partial charge on any atom is 0.373 e. The van der Waals surface area contributed by atoms with E-state index in [1.54, 1.807) is 0 Å². The highest BCUT2D eigenvalue weighted by Gasteiger charge is 2.43. The Kier molecular flexibility index (Phi) is 4.66. The van der Waals surface area contributed by atoms with Crippen LogP contribution in [0.1, 0.15) is 20.3 Å². The minimum Gasteiger partial charge on any atom is -0.368 e. The number of aliphatic hydroxyl groups is 1. The first-order valence-electron chi connectivity index (χ1n) is 3.87. The van der Waals surface area contributed by atoms with Crippen LogP contribution in [0.5, 0.6) is 0 Å². The largest absolute Gasteiger partial charge is 0.373 e. The van der Waals surface area contributed by atoms with Gasteiger partial charge in [-0.25, -0.2) is 0 Å². The van der Waals surface area contributed by atoms with Crippen LogP contribution in [0, 0.1) is 11.8 Å². The lowest BCUT2D eigenvalue weighted by Gasteiger charge is -2.24. The first-order valence-corrected chi connectivity index (χ1v) is 5.41. The molecule has 0 aliphatic carbocycles. The van der Waals surface area contributed by atoms with Crippen molar-refractivity contribution in [1.29, 1.82) is 0 Å². The van der Waals surface area contributed by atoms with E-state index >= 15 is 0 Å². The zero-order valence-corrected chi connectivity index (χ0v) is 9.22. The van der Waals surface area contributed by atoms with Crippen molar-refractivity contribution in [2.24, 2.45) is 0 Å². The maximum absolute atomic E-state index is 11.7. The van der Waals surface area contributed by atoms with Crippen molar-refractivity contribution < 1.29 is 18.7 Å². The van der Waals surface area contributed by atoms with Crippen LogP contribution in [-0.2, 0) is 13.6 Å². The summed E-state index contributed by atoms with van der Waals surface area (Å²) in [6.07, 6.45) is 0.573. The molecule has 0 aliphatic rings. The molecule has 0 saturated heterocycles. The van der Waals surface area contributed by atoms with Gasteiger partial charge in [0.2, 0.25) is 5.34 Å². The normalized spacial score (nSPS) is 15.8. The van der Waals surface area contributed by atoms with E-state index in [0.717, 1.165) is 0 Å². The fourth-order valence-corrected chi connectivity index (χ4v) is 1.83. The first-order chi connectivity index (χ1) is 5.93. The molecule has 1 atom stereocenters. The van der Waals surface area contributed by atoms with Crippen molar-refractivity contribution in [3.05, 3.63) is 0 Å². The Morgan fingerprint density at radius 1 is 1.46 bits per heavy atom. The van der Waals surface area contributed by atoms with E-state index in [0.29, 0.717) is 6.42 Å². The highest BCUT2D eigenvalue weighted by Crippen LogP contribution is 2.57. The Balaban J connectivity index is 4.89. The minimum atomic E-state index is -3.53. The number of rotatable bonds is 3. The second-order valence-corrected chi connectivity index (χ2v) is 5.13. The zero-order valence-electron chi connectivity index (χ0n) is 8.33. The van der Waals surface area contributed by atoms with Crippen LogP contribution in [0.4, 0.5) is 0 Å². The average molecular weight is 206 g/mol. The Morgan fingerprint density at radius 2 is 1.92 bits per heavy atom. The van der Waals surface area contributed by atoms with Crippen molar-refractivity contribution >= 4 is 7.60 Å². The Bertz CT molecular complexity index is 253. The molecule has 0 aliphatic heterocycles. The molecule has 0 spiro atoms. The lowest BCUT2D eigenvalue weighted by Crippen LogP contribution is -2.23. The third kappa shape index (κ3) is 2.82. The highest BCUT2D eigenvalue weighted by molar-refractivity contribution is 7.55. The van der Waals surface area contributed by atoms with Gasteiger partial charge >= 0.3 is 7.60 Å².